The number of carbonyl (C=O) groups is 2. The van der Waals surface area contributed by atoms with E-state index in [1.807, 2.05) is 45.0 Å². The summed E-state index contributed by atoms with van der Waals surface area (Å²) in [6, 6.07) is 12.4. The first-order chi connectivity index (χ1) is 13.4. The van der Waals surface area contributed by atoms with Crippen LogP contribution in [0, 0.1) is 6.92 Å². The number of benzene rings is 2. The van der Waals surface area contributed by atoms with Gasteiger partial charge in [0.25, 0.3) is 0 Å². The van der Waals surface area contributed by atoms with E-state index < -0.39 is 6.04 Å². The molecular weight excluding hydrogens is 395 g/mol. The smallest absolute Gasteiger partial charge is 0.242 e. The van der Waals surface area contributed by atoms with Crippen LogP contribution < -0.4 is 5.32 Å². The van der Waals surface area contributed by atoms with Crippen LogP contribution in [0.2, 0.25) is 10.0 Å². The zero-order valence-electron chi connectivity index (χ0n) is 16.5. The quantitative estimate of drug-likeness (QED) is 0.667. The Morgan fingerprint density at radius 2 is 1.79 bits per heavy atom. The van der Waals surface area contributed by atoms with E-state index in [9.17, 15) is 9.59 Å². The van der Waals surface area contributed by atoms with E-state index in [1.165, 1.54) is 0 Å². The number of nitrogens with one attached hydrogen (secondary N) is 1. The molecule has 0 fully saturated rings. The summed E-state index contributed by atoms with van der Waals surface area (Å²) in [6.45, 7) is 6.66. The fourth-order valence-corrected chi connectivity index (χ4v) is 3.59. The number of likely N-dealkylation sites (N-methyl/N-ethyl adjacent to an activating group) is 1. The molecule has 0 heterocycles. The summed E-state index contributed by atoms with van der Waals surface area (Å²) >= 11 is 12.2. The third kappa shape index (κ3) is 5.73. The number of hydrogen-bond acceptors (Lipinski definition) is 2. The van der Waals surface area contributed by atoms with Crippen LogP contribution >= 0.6 is 23.2 Å². The first-order valence-electron chi connectivity index (χ1n) is 9.42. The monoisotopic (exact) mass is 420 g/mol. The maximum absolute atomic E-state index is 13.2. The minimum Gasteiger partial charge on any atom is -0.355 e. The van der Waals surface area contributed by atoms with Crippen molar-refractivity contribution in [3.63, 3.8) is 0 Å². The second-order valence-corrected chi connectivity index (χ2v) is 7.52. The van der Waals surface area contributed by atoms with E-state index in [0.29, 0.717) is 35.1 Å². The molecule has 0 saturated carbocycles. The lowest BCUT2D eigenvalue weighted by Gasteiger charge is -2.31. The molecule has 2 aromatic rings. The van der Waals surface area contributed by atoms with Gasteiger partial charge in [-0.15, -0.1) is 0 Å². The highest BCUT2D eigenvalue weighted by atomic mass is 35.5. The minimum absolute atomic E-state index is 0.109. The molecule has 0 unspecified atom stereocenters. The first kappa shape index (κ1) is 22.3. The van der Waals surface area contributed by atoms with E-state index in [1.54, 1.807) is 23.1 Å². The number of carbonyl (C=O) groups excluding carboxylic acids is 2. The molecule has 0 saturated heterocycles. The standard InChI is InChI=1S/C22H26Cl2N2O2/c1-4-20(22(28)25-5-2)26(14-17-9-7-6-8-15(17)3)21(27)12-16-10-11-18(23)13-19(16)24/h6-11,13,20H,4-5,12,14H2,1-3H3,(H,25,28)/t20-/m1/s1. The van der Waals surface area contributed by atoms with Crippen LogP contribution in [0.5, 0.6) is 0 Å². The molecule has 0 aliphatic carbocycles. The summed E-state index contributed by atoms with van der Waals surface area (Å²) in [6.07, 6.45) is 0.635. The summed E-state index contributed by atoms with van der Waals surface area (Å²) in [5.41, 5.74) is 2.79. The lowest BCUT2D eigenvalue weighted by atomic mass is 10.0. The van der Waals surface area contributed by atoms with Crippen LogP contribution in [0.4, 0.5) is 0 Å². The van der Waals surface area contributed by atoms with Crippen molar-refractivity contribution in [1.29, 1.82) is 0 Å². The van der Waals surface area contributed by atoms with Gasteiger partial charge >= 0.3 is 0 Å². The summed E-state index contributed by atoms with van der Waals surface area (Å²) in [5, 5.41) is 3.81. The summed E-state index contributed by atoms with van der Waals surface area (Å²) in [7, 11) is 0. The number of halogens is 2. The van der Waals surface area contributed by atoms with Crippen molar-refractivity contribution < 1.29 is 9.59 Å². The van der Waals surface area contributed by atoms with Crippen LogP contribution in [0.25, 0.3) is 0 Å². The molecule has 2 rings (SSSR count). The Morgan fingerprint density at radius 1 is 1.07 bits per heavy atom. The van der Waals surface area contributed by atoms with E-state index >= 15 is 0 Å². The maximum atomic E-state index is 13.2. The summed E-state index contributed by atoms with van der Waals surface area (Å²) in [4.78, 5) is 27.5. The van der Waals surface area contributed by atoms with Crippen LogP contribution in [-0.4, -0.2) is 29.3 Å². The molecule has 28 heavy (non-hydrogen) atoms. The Hall–Kier alpha value is -2.04. The van der Waals surface area contributed by atoms with Gasteiger partial charge in [0.1, 0.15) is 6.04 Å². The topological polar surface area (TPSA) is 49.4 Å². The number of aryl methyl sites for hydroxylation is 1. The number of nitrogens with zero attached hydrogens (tertiary/aromatic N) is 1. The largest absolute Gasteiger partial charge is 0.355 e. The highest BCUT2D eigenvalue weighted by Gasteiger charge is 2.29. The molecule has 0 spiro atoms. The van der Waals surface area contributed by atoms with Crippen molar-refractivity contribution in [2.24, 2.45) is 0 Å². The average Bonchev–Trinajstić information content (AvgIpc) is 2.65. The van der Waals surface area contributed by atoms with Crippen LogP contribution in [0.15, 0.2) is 42.5 Å². The Bertz CT molecular complexity index is 839. The van der Waals surface area contributed by atoms with Gasteiger partial charge in [-0.05, 0) is 49.1 Å². The van der Waals surface area contributed by atoms with Crippen molar-refractivity contribution >= 4 is 35.0 Å². The number of hydrogen-bond donors (Lipinski definition) is 1. The highest BCUT2D eigenvalue weighted by Crippen LogP contribution is 2.23. The molecule has 2 aromatic carbocycles. The van der Waals surface area contributed by atoms with E-state index in [0.717, 1.165) is 11.1 Å². The van der Waals surface area contributed by atoms with E-state index in [2.05, 4.69) is 5.32 Å². The Labute approximate surface area is 176 Å². The molecule has 4 nitrogen and oxygen atoms in total. The van der Waals surface area contributed by atoms with E-state index in [4.69, 9.17) is 23.2 Å². The normalized spacial score (nSPS) is 11.8. The van der Waals surface area contributed by atoms with Crippen LogP contribution in [0.1, 0.15) is 37.0 Å². The van der Waals surface area contributed by atoms with Crippen LogP contribution in [-0.2, 0) is 22.6 Å². The van der Waals surface area contributed by atoms with Crippen molar-refractivity contribution in [1.82, 2.24) is 10.2 Å². The van der Waals surface area contributed by atoms with Gasteiger partial charge in [0.2, 0.25) is 11.8 Å². The zero-order chi connectivity index (χ0) is 20.7. The van der Waals surface area contributed by atoms with Gasteiger partial charge in [-0.1, -0.05) is 60.5 Å². The van der Waals surface area contributed by atoms with Gasteiger partial charge in [-0.3, -0.25) is 9.59 Å². The lowest BCUT2D eigenvalue weighted by Crippen LogP contribution is -2.49. The minimum atomic E-state index is -0.543. The molecule has 0 aromatic heterocycles. The lowest BCUT2D eigenvalue weighted by molar-refractivity contribution is -0.140. The predicted octanol–water partition coefficient (Wildman–Crippen LogP) is 4.79. The Balaban J connectivity index is 2.33. The highest BCUT2D eigenvalue weighted by molar-refractivity contribution is 6.35. The second kappa shape index (κ2) is 10.5. The fourth-order valence-electron chi connectivity index (χ4n) is 3.11. The molecule has 1 atom stereocenters. The molecule has 0 bridgehead atoms. The van der Waals surface area contributed by atoms with Crippen molar-refractivity contribution in [3.8, 4) is 0 Å². The Morgan fingerprint density at radius 3 is 2.39 bits per heavy atom. The van der Waals surface area contributed by atoms with Gasteiger partial charge in [0, 0.05) is 23.1 Å². The molecule has 6 heteroatoms. The van der Waals surface area contributed by atoms with Gasteiger partial charge < -0.3 is 10.2 Å². The van der Waals surface area contributed by atoms with Crippen molar-refractivity contribution in [2.45, 2.75) is 46.2 Å². The van der Waals surface area contributed by atoms with Gasteiger partial charge in [0.05, 0.1) is 6.42 Å². The number of rotatable bonds is 8. The molecule has 0 radical (unpaired) electrons. The van der Waals surface area contributed by atoms with Gasteiger partial charge in [0.15, 0.2) is 0 Å². The van der Waals surface area contributed by atoms with Gasteiger partial charge in [-0.2, -0.15) is 0 Å². The SMILES string of the molecule is CCNC(=O)[C@@H](CC)N(Cc1ccccc1C)C(=O)Cc1ccc(Cl)cc1Cl. The number of amides is 2. The van der Waals surface area contributed by atoms with Crippen molar-refractivity contribution in [3.05, 3.63) is 69.2 Å². The molecular formula is C22H26Cl2N2O2. The molecule has 2 amide bonds. The Kier molecular flexibility index (Phi) is 8.34. The van der Waals surface area contributed by atoms with E-state index in [-0.39, 0.29) is 18.2 Å². The van der Waals surface area contributed by atoms with Crippen molar-refractivity contribution in [2.75, 3.05) is 6.54 Å². The molecule has 1 N–H and O–H groups in total. The second-order valence-electron chi connectivity index (χ2n) is 6.68. The zero-order valence-corrected chi connectivity index (χ0v) is 18.0. The predicted molar refractivity (Wildman–Crippen MR) is 115 cm³/mol. The third-order valence-electron chi connectivity index (χ3n) is 4.70. The first-order valence-corrected chi connectivity index (χ1v) is 10.2. The maximum Gasteiger partial charge on any atom is 0.242 e. The van der Waals surface area contributed by atoms with Gasteiger partial charge in [-0.25, -0.2) is 0 Å². The van der Waals surface area contributed by atoms with Crippen LogP contribution in [0.3, 0.4) is 0 Å². The molecule has 0 aliphatic rings. The average molecular weight is 421 g/mol. The summed E-state index contributed by atoms with van der Waals surface area (Å²) < 4.78 is 0. The fraction of sp³-hybridized carbons (Fsp3) is 0.364. The molecule has 0 aliphatic heterocycles. The molecule has 150 valence electrons. The third-order valence-corrected chi connectivity index (χ3v) is 5.28. The summed E-state index contributed by atoms with van der Waals surface area (Å²) in [5.74, 6) is -0.292.